The van der Waals surface area contributed by atoms with E-state index in [1.54, 1.807) is 12.1 Å². The summed E-state index contributed by atoms with van der Waals surface area (Å²) in [6.45, 7) is 5.73. The summed E-state index contributed by atoms with van der Waals surface area (Å²) in [4.78, 5) is 12.9. The van der Waals surface area contributed by atoms with Gasteiger partial charge in [0.25, 0.3) is 0 Å². The fraction of sp³-hybridized carbons (Fsp3) is 0.500. The number of rotatable bonds is 2. The van der Waals surface area contributed by atoms with Gasteiger partial charge in [-0.15, -0.1) is 0 Å². The maximum Gasteiger partial charge on any atom is 0.408 e. The summed E-state index contributed by atoms with van der Waals surface area (Å²) >= 11 is 0. The molecule has 0 saturated heterocycles. The van der Waals surface area contributed by atoms with Gasteiger partial charge in [0.1, 0.15) is 5.75 Å². The minimum Gasteiger partial charge on any atom is -0.508 e. The van der Waals surface area contributed by atoms with E-state index in [4.69, 9.17) is 0 Å². The molecule has 2 rings (SSSR count). The molecule has 1 aliphatic rings. The zero-order valence-corrected chi connectivity index (χ0v) is 10.9. The highest BCUT2D eigenvalue weighted by molar-refractivity contribution is 5.67. The van der Waals surface area contributed by atoms with E-state index in [-0.39, 0.29) is 23.2 Å². The Morgan fingerprint density at radius 3 is 2.28 bits per heavy atom. The Morgan fingerprint density at radius 2 is 1.83 bits per heavy atom. The minimum absolute atomic E-state index is 0.0482. The molecule has 0 spiro atoms. The second kappa shape index (κ2) is 4.19. The van der Waals surface area contributed by atoms with E-state index in [2.05, 4.69) is 0 Å². The SMILES string of the molecule is CC(C)(C)N(C(=O)O)C1CC1c1ccc(O)cc1. The van der Waals surface area contributed by atoms with Gasteiger partial charge in [0, 0.05) is 17.5 Å². The van der Waals surface area contributed by atoms with Crippen molar-refractivity contribution in [3.63, 3.8) is 0 Å². The standard InChI is InChI=1S/C14H19NO3/c1-14(2,3)15(13(17)18)12-8-11(12)9-4-6-10(16)7-5-9/h4-7,11-12,16H,8H2,1-3H3,(H,17,18). The van der Waals surface area contributed by atoms with E-state index < -0.39 is 6.09 Å². The predicted molar refractivity (Wildman–Crippen MR) is 68.9 cm³/mol. The van der Waals surface area contributed by atoms with Crippen molar-refractivity contribution in [2.45, 2.75) is 44.7 Å². The van der Waals surface area contributed by atoms with Crippen LogP contribution in [0, 0.1) is 0 Å². The number of hydrogen-bond acceptors (Lipinski definition) is 2. The van der Waals surface area contributed by atoms with Crippen LogP contribution in [-0.2, 0) is 0 Å². The van der Waals surface area contributed by atoms with Gasteiger partial charge in [0.05, 0.1) is 0 Å². The van der Waals surface area contributed by atoms with Crippen LogP contribution in [-0.4, -0.2) is 32.8 Å². The first-order chi connectivity index (χ1) is 8.30. The Kier molecular flexibility index (Phi) is 2.97. The van der Waals surface area contributed by atoms with Crippen LogP contribution in [0.3, 0.4) is 0 Å². The predicted octanol–water partition coefficient (Wildman–Crippen LogP) is 3.03. The average molecular weight is 249 g/mol. The Hall–Kier alpha value is -1.71. The van der Waals surface area contributed by atoms with Gasteiger partial charge >= 0.3 is 6.09 Å². The molecule has 0 radical (unpaired) electrons. The lowest BCUT2D eigenvalue weighted by Gasteiger charge is -2.33. The Bertz CT molecular complexity index is 447. The summed E-state index contributed by atoms with van der Waals surface area (Å²) in [7, 11) is 0. The Morgan fingerprint density at radius 1 is 1.28 bits per heavy atom. The zero-order chi connectivity index (χ0) is 13.5. The topological polar surface area (TPSA) is 60.8 Å². The van der Waals surface area contributed by atoms with Crippen molar-refractivity contribution in [3.05, 3.63) is 29.8 Å². The highest BCUT2D eigenvalue weighted by Crippen LogP contribution is 2.47. The molecule has 4 heteroatoms. The molecule has 1 aromatic carbocycles. The lowest BCUT2D eigenvalue weighted by Crippen LogP contribution is -2.46. The molecule has 2 N–H and O–H groups in total. The number of carboxylic acid groups (broad SMARTS) is 1. The van der Waals surface area contributed by atoms with Gasteiger partial charge < -0.3 is 10.2 Å². The maximum atomic E-state index is 11.3. The first kappa shape index (κ1) is 12.7. The highest BCUT2D eigenvalue weighted by atomic mass is 16.4. The molecule has 4 nitrogen and oxygen atoms in total. The first-order valence-electron chi connectivity index (χ1n) is 6.12. The molecule has 1 fully saturated rings. The molecule has 1 aliphatic carbocycles. The lowest BCUT2D eigenvalue weighted by atomic mass is 10.1. The summed E-state index contributed by atoms with van der Waals surface area (Å²) in [5, 5.41) is 18.6. The van der Waals surface area contributed by atoms with Gasteiger partial charge in [0.15, 0.2) is 0 Å². The van der Waals surface area contributed by atoms with Gasteiger partial charge in [-0.3, -0.25) is 4.90 Å². The van der Waals surface area contributed by atoms with Crippen LogP contribution in [0.15, 0.2) is 24.3 Å². The Labute approximate surface area is 107 Å². The molecular formula is C14H19NO3. The fourth-order valence-corrected chi connectivity index (χ4v) is 2.47. The molecule has 2 atom stereocenters. The van der Waals surface area contributed by atoms with Crippen molar-refractivity contribution in [1.29, 1.82) is 0 Å². The third-order valence-electron chi connectivity index (χ3n) is 3.34. The van der Waals surface area contributed by atoms with E-state index in [1.807, 2.05) is 32.9 Å². The van der Waals surface area contributed by atoms with E-state index in [9.17, 15) is 15.0 Å². The minimum atomic E-state index is -0.867. The highest BCUT2D eigenvalue weighted by Gasteiger charge is 2.48. The number of benzene rings is 1. The molecule has 0 heterocycles. The van der Waals surface area contributed by atoms with Crippen LogP contribution >= 0.6 is 0 Å². The van der Waals surface area contributed by atoms with Gasteiger partial charge in [-0.05, 0) is 44.9 Å². The second-order valence-electron chi connectivity index (χ2n) is 5.82. The van der Waals surface area contributed by atoms with Crippen molar-refractivity contribution in [3.8, 4) is 5.75 Å². The molecule has 1 amide bonds. The third kappa shape index (κ3) is 2.42. The number of phenolic OH excluding ortho intramolecular Hbond substituents is 1. The molecule has 2 unspecified atom stereocenters. The van der Waals surface area contributed by atoms with Gasteiger partial charge in [-0.2, -0.15) is 0 Å². The molecule has 18 heavy (non-hydrogen) atoms. The average Bonchev–Trinajstić information content (AvgIpc) is 2.96. The molecule has 0 aliphatic heterocycles. The van der Waals surface area contributed by atoms with Gasteiger partial charge in [-0.25, -0.2) is 4.79 Å². The Balaban J connectivity index is 2.14. The van der Waals surface area contributed by atoms with Crippen LogP contribution in [0.5, 0.6) is 5.75 Å². The smallest absolute Gasteiger partial charge is 0.408 e. The van der Waals surface area contributed by atoms with Crippen molar-refractivity contribution in [1.82, 2.24) is 4.90 Å². The van der Waals surface area contributed by atoms with Crippen LogP contribution < -0.4 is 0 Å². The van der Waals surface area contributed by atoms with E-state index >= 15 is 0 Å². The summed E-state index contributed by atoms with van der Waals surface area (Å²) < 4.78 is 0. The summed E-state index contributed by atoms with van der Waals surface area (Å²) in [5.74, 6) is 0.489. The van der Waals surface area contributed by atoms with Crippen LogP contribution in [0.1, 0.15) is 38.7 Å². The lowest BCUT2D eigenvalue weighted by molar-refractivity contribution is 0.0940. The van der Waals surface area contributed by atoms with Gasteiger partial charge in [-0.1, -0.05) is 12.1 Å². The van der Waals surface area contributed by atoms with Crippen molar-refractivity contribution >= 4 is 6.09 Å². The quantitative estimate of drug-likeness (QED) is 0.847. The molecule has 1 saturated carbocycles. The van der Waals surface area contributed by atoms with Crippen LogP contribution in [0.25, 0.3) is 0 Å². The largest absolute Gasteiger partial charge is 0.508 e. The summed E-state index contributed by atoms with van der Waals surface area (Å²) in [6, 6.07) is 7.07. The third-order valence-corrected chi connectivity index (χ3v) is 3.34. The molecule has 0 bridgehead atoms. The normalized spacial score (nSPS) is 22.6. The van der Waals surface area contributed by atoms with Crippen molar-refractivity contribution in [2.24, 2.45) is 0 Å². The number of carbonyl (C=O) groups is 1. The molecule has 0 aromatic heterocycles. The van der Waals surface area contributed by atoms with Crippen LogP contribution in [0.4, 0.5) is 4.79 Å². The molecule has 1 aromatic rings. The van der Waals surface area contributed by atoms with Crippen molar-refractivity contribution < 1.29 is 15.0 Å². The first-order valence-corrected chi connectivity index (χ1v) is 6.12. The van der Waals surface area contributed by atoms with Crippen LogP contribution in [0.2, 0.25) is 0 Å². The number of aromatic hydroxyl groups is 1. The molecular weight excluding hydrogens is 230 g/mol. The number of phenols is 1. The number of hydrogen-bond donors (Lipinski definition) is 2. The summed E-state index contributed by atoms with van der Waals surface area (Å²) in [6.07, 6.45) is -0.0114. The van der Waals surface area contributed by atoms with Gasteiger partial charge in [0.2, 0.25) is 0 Å². The zero-order valence-electron chi connectivity index (χ0n) is 10.9. The van der Waals surface area contributed by atoms with E-state index in [0.717, 1.165) is 12.0 Å². The monoisotopic (exact) mass is 249 g/mol. The fourth-order valence-electron chi connectivity index (χ4n) is 2.47. The van der Waals surface area contributed by atoms with E-state index in [1.165, 1.54) is 4.90 Å². The molecule has 98 valence electrons. The number of amides is 1. The number of nitrogens with zero attached hydrogens (tertiary/aromatic N) is 1. The summed E-state index contributed by atoms with van der Waals surface area (Å²) in [5.41, 5.74) is 0.704. The van der Waals surface area contributed by atoms with E-state index in [0.29, 0.717) is 0 Å². The maximum absolute atomic E-state index is 11.3. The van der Waals surface area contributed by atoms with Crippen molar-refractivity contribution in [2.75, 3.05) is 0 Å². The second-order valence-corrected chi connectivity index (χ2v) is 5.82.